The largest absolute Gasteiger partial charge is 0.459 e. The van der Waals surface area contributed by atoms with Gasteiger partial charge in [0.15, 0.2) is 0 Å². The number of rotatable bonds is 5. The molecule has 7 nitrogen and oxygen atoms in total. The van der Waals surface area contributed by atoms with Crippen LogP contribution in [0.25, 0.3) is 11.6 Å². The maximum Gasteiger partial charge on any atom is 0.333 e. The van der Waals surface area contributed by atoms with Crippen LogP contribution in [-0.2, 0) is 23.9 Å². The van der Waals surface area contributed by atoms with E-state index in [9.17, 15) is 14.4 Å². The molecule has 2 aliphatic heterocycles. The summed E-state index contributed by atoms with van der Waals surface area (Å²) >= 11 is 0. The summed E-state index contributed by atoms with van der Waals surface area (Å²) < 4.78 is 9.60. The summed E-state index contributed by atoms with van der Waals surface area (Å²) in [6.07, 6.45) is 1.98. The number of nitrogens with one attached hydrogen (secondary N) is 1. The zero-order chi connectivity index (χ0) is 23.5. The van der Waals surface area contributed by atoms with Crippen LogP contribution in [0.3, 0.4) is 0 Å². The Kier molecular flexibility index (Phi) is 9.13. The summed E-state index contributed by atoms with van der Waals surface area (Å²) in [4.78, 5) is 33.1. The minimum Gasteiger partial charge on any atom is -0.459 e. The van der Waals surface area contributed by atoms with Crippen molar-refractivity contribution < 1.29 is 23.9 Å². The van der Waals surface area contributed by atoms with E-state index in [-0.39, 0.29) is 23.3 Å². The highest BCUT2D eigenvalue weighted by molar-refractivity contribution is 6.35. The van der Waals surface area contributed by atoms with Crippen LogP contribution >= 0.6 is 0 Å². The van der Waals surface area contributed by atoms with E-state index < -0.39 is 11.8 Å². The van der Waals surface area contributed by atoms with Gasteiger partial charge < -0.3 is 15.2 Å². The van der Waals surface area contributed by atoms with Crippen molar-refractivity contribution in [2.24, 2.45) is 5.73 Å². The Balaban J connectivity index is 0.000000178. The van der Waals surface area contributed by atoms with Gasteiger partial charge in [0.25, 0.3) is 11.8 Å². The van der Waals surface area contributed by atoms with Gasteiger partial charge in [-0.05, 0) is 18.1 Å². The van der Waals surface area contributed by atoms with Gasteiger partial charge in [0.05, 0.1) is 12.2 Å². The summed E-state index contributed by atoms with van der Waals surface area (Å²) in [5, 5.41) is 2.14. The van der Waals surface area contributed by atoms with Crippen LogP contribution in [0, 0.1) is 0 Å². The van der Waals surface area contributed by atoms with Crippen molar-refractivity contribution in [2.75, 3.05) is 13.2 Å². The molecule has 2 aromatic carbocycles. The van der Waals surface area contributed by atoms with Crippen LogP contribution in [0.4, 0.5) is 0 Å². The van der Waals surface area contributed by atoms with E-state index in [1.165, 1.54) is 5.56 Å². The molecule has 2 aliphatic rings. The van der Waals surface area contributed by atoms with Gasteiger partial charge in [-0.3, -0.25) is 14.9 Å². The zero-order valence-corrected chi connectivity index (χ0v) is 17.9. The fourth-order valence-electron chi connectivity index (χ4n) is 2.41. The fraction of sp³-hybridized carbons (Fsp3) is 0.160. The maximum absolute atomic E-state index is 11.3. The standard InChI is InChI=1S/C10H8N2O2.C8H8.C7H10O3/c11-8-7(9(13)12-10(8)14)6-4-2-1-3-5-6;1-2-8-6-4-3-5-7-8;1-5(2)7(8)10-4-6-3-9-6/h1-5H,(H3,11,12,13,14);2-7H,1H2;6H,1,3-4H2,2H3. The number of hydrogen-bond donors (Lipinski definition) is 2. The van der Waals surface area contributed by atoms with E-state index in [1.54, 1.807) is 31.2 Å². The SMILES string of the molecule is C=C(C)C(=O)OCC1CO1.C=Cc1ccccc1.NC1=C(c2ccccc2)C(=O)NC1=O. The van der Waals surface area contributed by atoms with Crippen molar-refractivity contribution in [1.29, 1.82) is 0 Å². The Hall–Kier alpha value is -3.97. The Morgan fingerprint density at radius 1 is 1.12 bits per heavy atom. The third kappa shape index (κ3) is 7.70. The first-order valence-electron chi connectivity index (χ1n) is 9.86. The normalized spacial score (nSPS) is 16.0. The molecule has 0 bridgehead atoms. The van der Waals surface area contributed by atoms with Crippen LogP contribution in [-0.4, -0.2) is 37.1 Å². The third-order valence-corrected chi connectivity index (χ3v) is 4.22. The molecule has 0 saturated carbocycles. The number of benzene rings is 2. The molecule has 166 valence electrons. The first-order valence-corrected chi connectivity index (χ1v) is 9.86. The highest BCUT2D eigenvalue weighted by Crippen LogP contribution is 2.20. The van der Waals surface area contributed by atoms with Crippen molar-refractivity contribution in [2.45, 2.75) is 13.0 Å². The van der Waals surface area contributed by atoms with Gasteiger partial charge in [-0.1, -0.05) is 79.9 Å². The van der Waals surface area contributed by atoms with Gasteiger partial charge in [-0.25, -0.2) is 4.79 Å². The Bertz CT molecular complexity index is 1010. The molecule has 0 aliphatic carbocycles. The molecule has 7 heteroatoms. The second kappa shape index (κ2) is 12.0. The highest BCUT2D eigenvalue weighted by Gasteiger charge is 2.28. The number of esters is 1. The number of ether oxygens (including phenoxy) is 2. The molecule has 1 atom stereocenters. The predicted octanol–water partition coefficient (Wildman–Crippen LogP) is 2.85. The van der Waals surface area contributed by atoms with Crippen LogP contribution in [0.1, 0.15) is 18.1 Å². The van der Waals surface area contributed by atoms with Gasteiger partial charge in [-0.2, -0.15) is 0 Å². The van der Waals surface area contributed by atoms with Crippen molar-refractivity contribution in [1.82, 2.24) is 5.32 Å². The molecule has 0 spiro atoms. The predicted molar refractivity (Wildman–Crippen MR) is 123 cm³/mol. The van der Waals surface area contributed by atoms with E-state index in [0.29, 0.717) is 24.4 Å². The average Bonchev–Trinajstić information content (AvgIpc) is 3.60. The van der Waals surface area contributed by atoms with Crippen LogP contribution in [0.5, 0.6) is 0 Å². The van der Waals surface area contributed by atoms with Crippen molar-refractivity contribution >= 4 is 29.4 Å². The third-order valence-electron chi connectivity index (χ3n) is 4.22. The molecule has 3 N–H and O–H groups in total. The molecule has 2 amide bonds. The van der Waals surface area contributed by atoms with Gasteiger partial charge in [-0.15, -0.1) is 0 Å². The molecule has 2 heterocycles. The van der Waals surface area contributed by atoms with Crippen LogP contribution in [0.2, 0.25) is 0 Å². The van der Waals surface area contributed by atoms with E-state index in [2.05, 4.69) is 18.5 Å². The van der Waals surface area contributed by atoms with Gasteiger partial charge in [0.2, 0.25) is 0 Å². The van der Waals surface area contributed by atoms with Crippen molar-refractivity contribution in [3.63, 3.8) is 0 Å². The summed E-state index contributed by atoms with van der Waals surface area (Å²) in [5.74, 6) is -1.29. The van der Waals surface area contributed by atoms with Gasteiger partial charge in [0.1, 0.15) is 18.4 Å². The molecule has 0 radical (unpaired) electrons. The monoisotopic (exact) mass is 434 g/mol. The topological polar surface area (TPSA) is 111 Å². The average molecular weight is 434 g/mol. The van der Waals surface area contributed by atoms with Crippen molar-refractivity contribution in [3.8, 4) is 0 Å². The van der Waals surface area contributed by atoms with E-state index in [0.717, 1.165) is 0 Å². The molecular weight excluding hydrogens is 408 g/mol. The maximum atomic E-state index is 11.3. The number of epoxide rings is 1. The lowest BCUT2D eigenvalue weighted by Crippen LogP contribution is -2.24. The lowest BCUT2D eigenvalue weighted by atomic mass is 10.1. The zero-order valence-electron chi connectivity index (χ0n) is 17.9. The minimum absolute atomic E-state index is 0.0128. The summed E-state index contributed by atoms with van der Waals surface area (Å²) in [6.45, 7) is 9.77. The molecule has 32 heavy (non-hydrogen) atoms. The highest BCUT2D eigenvalue weighted by atomic mass is 16.6. The fourth-order valence-corrected chi connectivity index (χ4v) is 2.41. The van der Waals surface area contributed by atoms with E-state index in [1.807, 2.05) is 42.5 Å². The molecular formula is C25H26N2O5. The summed E-state index contributed by atoms with van der Waals surface area (Å²) in [7, 11) is 0. The molecule has 1 unspecified atom stereocenters. The Morgan fingerprint density at radius 3 is 2.09 bits per heavy atom. The van der Waals surface area contributed by atoms with E-state index >= 15 is 0 Å². The van der Waals surface area contributed by atoms with Crippen LogP contribution in [0.15, 0.2) is 85.1 Å². The second-order valence-electron chi connectivity index (χ2n) is 6.89. The smallest absolute Gasteiger partial charge is 0.333 e. The first kappa shape index (κ1) is 24.3. The Labute approximate surface area is 187 Å². The lowest BCUT2D eigenvalue weighted by molar-refractivity contribution is -0.139. The number of imide groups is 1. The Morgan fingerprint density at radius 2 is 1.69 bits per heavy atom. The number of carbonyl (C=O) groups excluding carboxylic acids is 3. The first-order chi connectivity index (χ1) is 15.3. The minimum atomic E-state index is -0.520. The summed E-state index contributed by atoms with van der Waals surface area (Å²) in [6, 6.07) is 18.9. The molecule has 1 saturated heterocycles. The summed E-state index contributed by atoms with van der Waals surface area (Å²) in [5.41, 5.74) is 8.00. The van der Waals surface area contributed by atoms with Crippen LogP contribution < -0.4 is 11.1 Å². The molecule has 4 rings (SSSR count). The number of amides is 2. The molecule has 1 fully saturated rings. The number of hydrogen-bond acceptors (Lipinski definition) is 6. The quantitative estimate of drug-likeness (QED) is 0.324. The second-order valence-corrected chi connectivity index (χ2v) is 6.89. The molecule has 0 aromatic heterocycles. The molecule has 2 aromatic rings. The lowest BCUT2D eigenvalue weighted by Gasteiger charge is -1.99. The number of nitrogens with two attached hydrogens (primary N) is 1. The van der Waals surface area contributed by atoms with E-state index in [4.69, 9.17) is 15.2 Å². The van der Waals surface area contributed by atoms with Gasteiger partial charge in [0, 0.05) is 5.57 Å². The van der Waals surface area contributed by atoms with Gasteiger partial charge >= 0.3 is 5.97 Å². The van der Waals surface area contributed by atoms with Crippen molar-refractivity contribution in [3.05, 3.63) is 96.2 Å². The number of carbonyl (C=O) groups is 3.